The van der Waals surface area contributed by atoms with Gasteiger partial charge < -0.3 is 10.4 Å². The van der Waals surface area contributed by atoms with Gasteiger partial charge in [0.15, 0.2) is 0 Å². The number of benzene rings is 1. The molecule has 1 aromatic heterocycles. The number of aliphatic hydroxyl groups is 1. The zero-order chi connectivity index (χ0) is 11.4. The minimum Gasteiger partial charge on any atom is -0.392 e. The predicted molar refractivity (Wildman–Crippen MR) is 62.9 cm³/mol. The molecule has 0 aliphatic rings. The van der Waals surface area contributed by atoms with E-state index in [2.05, 4.69) is 15.3 Å². The number of anilines is 1. The molecule has 4 heteroatoms. The molecule has 0 spiro atoms. The van der Waals surface area contributed by atoms with Gasteiger partial charge in [-0.25, -0.2) is 4.98 Å². The summed E-state index contributed by atoms with van der Waals surface area (Å²) < 4.78 is 0. The van der Waals surface area contributed by atoms with Gasteiger partial charge in [0.25, 0.3) is 0 Å². The van der Waals surface area contributed by atoms with Gasteiger partial charge in [-0.3, -0.25) is 4.98 Å². The van der Waals surface area contributed by atoms with Crippen LogP contribution >= 0.6 is 0 Å². The molecule has 1 heterocycles. The van der Waals surface area contributed by atoms with Crippen molar-refractivity contribution in [2.24, 2.45) is 0 Å². The maximum atomic E-state index is 8.94. The van der Waals surface area contributed by atoms with Crippen molar-refractivity contribution in [1.82, 2.24) is 9.97 Å². The number of aliphatic hydroxyl groups excluding tert-OH is 1. The van der Waals surface area contributed by atoms with Gasteiger partial charge in [0.05, 0.1) is 24.7 Å². The quantitative estimate of drug-likeness (QED) is 0.817. The fraction of sp³-hybridized carbons (Fsp3) is 0.167. The Morgan fingerprint density at radius 1 is 1.19 bits per heavy atom. The molecule has 0 saturated carbocycles. The number of nitrogens with one attached hydrogen (secondary N) is 1. The van der Waals surface area contributed by atoms with E-state index in [-0.39, 0.29) is 6.61 Å². The van der Waals surface area contributed by atoms with Crippen LogP contribution in [0.5, 0.6) is 0 Å². The largest absolute Gasteiger partial charge is 0.392 e. The fourth-order valence-corrected chi connectivity index (χ4v) is 1.41. The van der Waals surface area contributed by atoms with Gasteiger partial charge in [-0.2, -0.15) is 0 Å². The summed E-state index contributed by atoms with van der Waals surface area (Å²) in [6.07, 6.45) is 3.39. The van der Waals surface area contributed by atoms with Crippen molar-refractivity contribution in [3.63, 3.8) is 0 Å². The lowest BCUT2D eigenvalue weighted by Crippen LogP contribution is -1.95. The highest BCUT2D eigenvalue weighted by molar-refractivity contribution is 5.60. The third kappa shape index (κ3) is 2.17. The summed E-state index contributed by atoms with van der Waals surface area (Å²) >= 11 is 0. The average Bonchev–Trinajstić information content (AvgIpc) is 2.39. The van der Waals surface area contributed by atoms with Crippen LogP contribution in [0.3, 0.4) is 0 Å². The Morgan fingerprint density at radius 3 is 2.56 bits per heavy atom. The van der Waals surface area contributed by atoms with Gasteiger partial charge in [-0.1, -0.05) is 24.3 Å². The van der Waals surface area contributed by atoms with Crippen LogP contribution in [-0.2, 0) is 6.61 Å². The first-order valence-corrected chi connectivity index (χ1v) is 5.03. The van der Waals surface area contributed by atoms with Gasteiger partial charge >= 0.3 is 0 Å². The molecule has 2 N–H and O–H groups in total. The molecule has 0 fully saturated rings. The topological polar surface area (TPSA) is 58.0 Å². The van der Waals surface area contributed by atoms with Crippen LogP contribution in [-0.4, -0.2) is 22.1 Å². The Bertz CT molecular complexity index is 468. The van der Waals surface area contributed by atoms with E-state index in [0.717, 1.165) is 22.6 Å². The number of nitrogens with zero attached hydrogens (tertiary/aromatic N) is 2. The number of hydrogen-bond acceptors (Lipinski definition) is 4. The molecule has 0 atom stereocenters. The van der Waals surface area contributed by atoms with E-state index in [1.807, 2.05) is 31.3 Å². The molecule has 82 valence electrons. The third-order valence-corrected chi connectivity index (χ3v) is 2.32. The first kappa shape index (κ1) is 10.6. The zero-order valence-electron chi connectivity index (χ0n) is 9.01. The molecule has 0 aliphatic heterocycles. The van der Waals surface area contributed by atoms with E-state index < -0.39 is 0 Å². The molecule has 4 nitrogen and oxygen atoms in total. The first-order valence-electron chi connectivity index (χ1n) is 5.03. The van der Waals surface area contributed by atoms with Crippen LogP contribution in [0, 0.1) is 0 Å². The monoisotopic (exact) mass is 215 g/mol. The number of hydrogen-bond donors (Lipinski definition) is 2. The second-order valence-corrected chi connectivity index (χ2v) is 3.39. The van der Waals surface area contributed by atoms with Gasteiger partial charge in [0.2, 0.25) is 0 Å². The molecule has 1 aromatic carbocycles. The van der Waals surface area contributed by atoms with Crippen molar-refractivity contribution in [2.45, 2.75) is 6.61 Å². The molecule has 0 bridgehead atoms. The van der Waals surface area contributed by atoms with E-state index >= 15 is 0 Å². The second-order valence-electron chi connectivity index (χ2n) is 3.39. The third-order valence-electron chi connectivity index (χ3n) is 2.32. The maximum Gasteiger partial charge on any atom is 0.144 e. The van der Waals surface area contributed by atoms with Gasteiger partial charge in [-0.05, 0) is 5.56 Å². The predicted octanol–water partition coefficient (Wildman–Crippen LogP) is 1.68. The van der Waals surface area contributed by atoms with Gasteiger partial charge in [0, 0.05) is 12.6 Å². The first-order chi connectivity index (χ1) is 7.83. The molecular weight excluding hydrogens is 202 g/mol. The highest BCUT2D eigenvalue weighted by atomic mass is 16.3. The Kier molecular flexibility index (Phi) is 3.12. The molecule has 2 rings (SSSR count). The van der Waals surface area contributed by atoms with Crippen LogP contribution in [0.1, 0.15) is 5.56 Å². The highest BCUT2D eigenvalue weighted by Gasteiger charge is 2.01. The molecule has 0 amide bonds. The summed E-state index contributed by atoms with van der Waals surface area (Å²) in [6.45, 7) is 0.0580. The van der Waals surface area contributed by atoms with Crippen LogP contribution < -0.4 is 5.32 Å². The van der Waals surface area contributed by atoms with E-state index in [1.54, 1.807) is 12.4 Å². The Morgan fingerprint density at radius 2 is 1.94 bits per heavy atom. The van der Waals surface area contributed by atoms with E-state index in [9.17, 15) is 0 Å². The van der Waals surface area contributed by atoms with Crippen molar-refractivity contribution in [1.29, 1.82) is 0 Å². The Balaban J connectivity index is 2.34. The lowest BCUT2D eigenvalue weighted by atomic mass is 10.1. The van der Waals surface area contributed by atoms with Crippen molar-refractivity contribution in [2.75, 3.05) is 12.4 Å². The van der Waals surface area contributed by atoms with Gasteiger partial charge in [-0.15, -0.1) is 0 Å². The summed E-state index contributed by atoms with van der Waals surface area (Å²) in [5, 5.41) is 11.9. The minimum atomic E-state index is 0.0580. The maximum absolute atomic E-state index is 8.94. The van der Waals surface area contributed by atoms with Crippen LogP contribution in [0.15, 0.2) is 36.7 Å². The lowest BCUT2D eigenvalue weighted by molar-refractivity contribution is 0.282. The molecular formula is C12H13N3O. The SMILES string of the molecule is CNc1cncc(-c2ccc(CO)cc2)n1. The second kappa shape index (κ2) is 4.72. The zero-order valence-corrected chi connectivity index (χ0v) is 9.01. The molecule has 0 aliphatic carbocycles. The smallest absolute Gasteiger partial charge is 0.144 e. The number of aromatic nitrogens is 2. The summed E-state index contributed by atoms with van der Waals surface area (Å²) in [4.78, 5) is 8.48. The fourth-order valence-electron chi connectivity index (χ4n) is 1.41. The molecule has 16 heavy (non-hydrogen) atoms. The van der Waals surface area contributed by atoms with E-state index in [0.29, 0.717) is 0 Å². The van der Waals surface area contributed by atoms with Crippen LogP contribution in [0.4, 0.5) is 5.82 Å². The van der Waals surface area contributed by atoms with E-state index in [4.69, 9.17) is 5.11 Å². The lowest BCUT2D eigenvalue weighted by Gasteiger charge is -2.04. The average molecular weight is 215 g/mol. The summed E-state index contributed by atoms with van der Waals surface area (Å²) in [5.74, 6) is 0.740. The van der Waals surface area contributed by atoms with Crippen molar-refractivity contribution in [3.05, 3.63) is 42.2 Å². The van der Waals surface area contributed by atoms with Crippen LogP contribution in [0.2, 0.25) is 0 Å². The van der Waals surface area contributed by atoms with Crippen molar-refractivity contribution >= 4 is 5.82 Å². The van der Waals surface area contributed by atoms with Crippen molar-refractivity contribution in [3.8, 4) is 11.3 Å². The Labute approximate surface area is 94.0 Å². The normalized spacial score (nSPS) is 10.1. The van der Waals surface area contributed by atoms with Gasteiger partial charge in [0.1, 0.15) is 5.82 Å². The van der Waals surface area contributed by atoms with Crippen LogP contribution in [0.25, 0.3) is 11.3 Å². The summed E-state index contributed by atoms with van der Waals surface area (Å²) in [6, 6.07) is 7.61. The summed E-state index contributed by atoms with van der Waals surface area (Å²) in [7, 11) is 1.81. The molecule has 0 saturated heterocycles. The minimum absolute atomic E-state index is 0.0580. The Hall–Kier alpha value is -1.94. The molecule has 2 aromatic rings. The highest BCUT2D eigenvalue weighted by Crippen LogP contribution is 2.18. The number of rotatable bonds is 3. The van der Waals surface area contributed by atoms with Crippen molar-refractivity contribution < 1.29 is 5.11 Å². The standard InChI is InChI=1S/C12H13N3O/c1-13-12-7-14-6-11(15-12)10-4-2-9(8-16)3-5-10/h2-7,16H,8H2,1H3,(H,13,15). The summed E-state index contributed by atoms with van der Waals surface area (Å²) in [5.41, 5.74) is 2.69. The van der Waals surface area contributed by atoms with E-state index in [1.165, 1.54) is 0 Å². The molecule has 0 radical (unpaired) electrons. The molecule has 0 unspecified atom stereocenters.